The zero-order valence-corrected chi connectivity index (χ0v) is 12.7. The van der Waals surface area contributed by atoms with E-state index in [9.17, 15) is 5.11 Å². The summed E-state index contributed by atoms with van der Waals surface area (Å²) in [5.41, 5.74) is 4.12. The highest BCUT2D eigenvalue weighted by atomic mass is 16.3. The van der Waals surface area contributed by atoms with Crippen LogP contribution in [0, 0.1) is 12.3 Å². The Morgan fingerprint density at radius 2 is 2.00 bits per heavy atom. The van der Waals surface area contributed by atoms with Crippen LogP contribution in [0.2, 0.25) is 0 Å². The average Bonchev–Trinajstić information content (AvgIpc) is 2.34. The number of aliphatic hydroxyl groups excluding tert-OH is 1. The Morgan fingerprint density at radius 1 is 1.32 bits per heavy atom. The maximum atomic E-state index is 9.83. The molecule has 1 saturated carbocycles. The number of rotatable bonds is 5. The van der Waals surface area contributed by atoms with Crippen LogP contribution in [0.15, 0.2) is 18.2 Å². The Bertz CT molecular complexity index is 429. The molecule has 0 radical (unpaired) electrons. The second-order valence-corrected chi connectivity index (χ2v) is 6.37. The van der Waals surface area contributed by atoms with Gasteiger partial charge in [-0.3, -0.25) is 0 Å². The first-order valence-electron chi connectivity index (χ1n) is 7.42. The first-order valence-corrected chi connectivity index (χ1v) is 7.42. The minimum absolute atomic E-state index is 0.0507. The highest BCUT2D eigenvalue weighted by Crippen LogP contribution is 2.50. The summed E-state index contributed by atoms with van der Waals surface area (Å²) in [6, 6.07) is 7.04. The summed E-state index contributed by atoms with van der Waals surface area (Å²) >= 11 is 0. The highest BCUT2D eigenvalue weighted by molar-refractivity contribution is 5.36. The molecule has 0 aliphatic heterocycles. The maximum absolute atomic E-state index is 9.83. The average molecular weight is 261 g/mol. The summed E-state index contributed by atoms with van der Waals surface area (Å²) in [6.45, 7) is 6.92. The van der Waals surface area contributed by atoms with Gasteiger partial charge in [-0.1, -0.05) is 38.5 Å². The minimum Gasteiger partial charge on any atom is -0.396 e. The van der Waals surface area contributed by atoms with Gasteiger partial charge in [0.2, 0.25) is 0 Å². The van der Waals surface area contributed by atoms with E-state index >= 15 is 0 Å². The Kier molecular flexibility index (Phi) is 4.32. The fourth-order valence-electron chi connectivity index (χ4n) is 3.29. The van der Waals surface area contributed by atoms with Gasteiger partial charge in [-0.25, -0.2) is 0 Å². The second-order valence-electron chi connectivity index (χ2n) is 6.37. The molecule has 0 bridgehead atoms. The van der Waals surface area contributed by atoms with Gasteiger partial charge in [0, 0.05) is 11.5 Å². The normalized spacial score (nSPS) is 19.3. The summed E-state index contributed by atoms with van der Waals surface area (Å²) in [4.78, 5) is 0. The second kappa shape index (κ2) is 5.64. The van der Waals surface area contributed by atoms with Crippen LogP contribution in [-0.2, 0) is 0 Å². The fourth-order valence-corrected chi connectivity index (χ4v) is 3.29. The van der Waals surface area contributed by atoms with Crippen LogP contribution in [0.4, 0.5) is 0 Å². The van der Waals surface area contributed by atoms with Crippen molar-refractivity contribution in [3.63, 3.8) is 0 Å². The molecule has 1 unspecified atom stereocenters. The van der Waals surface area contributed by atoms with Crippen LogP contribution in [0.5, 0.6) is 0 Å². The van der Waals surface area contributed by atoms with Crippen molar-refractivity contribution in [1.29, 1.82) is 0 Å². The van der Waals surface area contributed by atoms with Crippen molar-refractivity contribution in [3.05, 3.63) is 34.9 Å². The maximum Gasteiger partial charge on any atom is 0.0505 e. The molecule has 106 valence electrons. The Balaban J connectivity index is 2.40. The molecule has 2 N–H and O–H groups in total. The predicted octanol–water partition coefficient (Wildman–Crippen LogP) is 3.54. The summed E-state index contributed by atoms with van der Waals surface area (Å²) in [7, 11) is 2.02. The topological polar surface area (TPSA) is 32.3 Å². The van der Waals surface area contributed by atoms with Crippen molar-refractivity contribution in [2.24, 2.45) is 5.41 Å². The largest absolute Gasteiger partial charge is 0.396 e. The lowest BCUT2D eigenvalue weighted by Crippen LogP contribution is -2.45. The molecule has 2 heteroatoms. The first-order chi connectivity index (χ1) is 9.04. The van der Waals surface area contributed by atoms with Gasteiger partial charge >= 0.3 is 0 Å². The van der Waals surface area contributed by atoms with Gasteiger partial charge in [-0.2, -0.15) is 0 Å². The molecule has 0 amide bonds. The zero-order chi connectivity index (χ0) is 14.0. The van der Waals surface area contributed by atoms with Gasteiger partial charge < -0.3 is 10.4 Å². The summed E-state index contributed by atoms with van der Waals surface area (Å²) in [5, 5.41) is 13.3. The number of benzene rings is 1. The number of hydrogen-bond acceptors (Lipinski definition) is 2. The smallest absolute Gasteiger partial charge is 0.0505 e. The molecule has 2 rings (SSSR count). The van der Waals surface area contributed by atoms with Crippen LogP contribution in [0.25, 0.3) is 0 Å². The molecule has 0 heterocycles. The van der Waals surface area contributed by atoms with Crippen molar-refractivity contribution in [2.75, 3.05) is 13.7 Å². The van der Waals surface area contributed by atoms with Crippen molar-refractivity contribution < 1.29 is 5.11 Å². The Hall–Kier alpha value is -0.860. The Labute approximate surface area is 117 Å². The molecule has 1 atom stereocenters. The lowest BCUT2D eigenvalue weighted by Gasteiger charge is -2.47. The third-order valence-corrected chi connectivity index (χ3v) is 4.85. The molecule has 1 aromatic rings. The third-order valence-electron chi connectivity index (χ3n) is 4.85. The lowest BCUT2D eigenvalue weighted by atomic mass is 9.62. The van der Waals surface area contributed by atoms with E-state index in [4.69, 9.17) is 0 Å². The van der Waals surface area contributed by atoms with Crippen LogP contribution < -0.4 is 5.32 Å². The molecule has 1 aliphatic rings. The highest BCUT2D eigenvalue weighted by Gasteiger charge is 2.44. The van der Waals surface area contributed by atoms with E-state index in [1.165, 1.54) is 23.1 Å². The third kappa shape index (κ3) is 2.56. The van der Waals surface area contributed by atoms with Crippen molar-refractivity contribution >= 4 is 0 Å². The van der Waals surface area contributed by atoms with E-state index in [1.807, 2.05) is 7.05 Å². The molecule has 0 saturated heterocycles. The van der Waals surface area contributed by atoms with E-state index in [1.54, 1.807) is 0 Å². The molecular weight excluding hydrogens is 234 g/mol. The van der Waals surface area contributed by atoms with Crippen LogP contribution in [-0.4, -0.2) is 18.8 Å². The number of aryl methyl sites for hydroxylation is 1. The minimum atomic E-state index is 0.0507. The number of nitrogens with one attached hydrogen (secondary N) is 1. The quantitative estimate of drug-likeness (QED) is 0.849. The molecule has 0 spiro atoms. The van der Waals surface area contributed by atoms with Gasteiger partial charge in [0.1, 0.15) is 0 Å². The van der Waals surface area contributed by atoms with E-state index in [0.717, 1.165) is 12.8 Å². The Morgan fingerprint density at radius 3 is 2.42 bits per heavy atom. The van der Waals surface area contributed by atoms with Crippen molar-refractivity contribution in [1.82, 2.24) is 5.32 Å². The SMILES string of the molecule is CNC(c1cc(C(C)C)ccc1C)C1(CO)CCC1. The molecule has 1 aromatic carbocycles. The van der Waals surface area contributed by atoms with E-state index < -0.39 is 0 Å². The molecular formula is C17H27NO. The first kappa shape index (κ1) is 14.5. The summed E-state index contributed by atoms with van der Waals surface area (Å²) < 4.78 is 0. The predicted molar refractivity (Wildman–Crippen MR) is 80.4 cm³/mol. The lowest BCUT2D eigenvalue weighted by molar-refractivity contribution is 0.00761. The van der Waals surface area contributed by atoms with Crippen LogP contribution in [0.3, 0.4) is 0 Å². The van der Waals surface area contributed by atoms with Crippen LogP contribution in [0.1, 0.15) is 61.8 Å². The van der Waals surface area contributed by atoms with Crippen molar-refractivity contribution in [2.45, 2.75) is 52.0 Å². The van der Waals surface area contributed by atoms with Gasteiger partial charge in [0.05, 0.1) is 6.61 Å². The van der Waals surface area contributed by atoms with E-state index in [-0.39, 0.29) is 18.1 Å². The molecule has 0 aromatic heterocycles. The number of hydrogen-bond donors (Lipinski definition) is 2. The molecule has 1 fully saturated rings. The van der Waals surface area contributed by atoms with Gasteiger partial charge in [0.25, 0.3) is 0 Å². The van der Waals surface area contributed by atoms with Crippen molar-refractivity contribution in [3.8, 4) is 0 Å². The fraction of sp³-hybridized carbons (Fsp3) is 0.647. The zero-order valence-electron chi connectivity index (χ0n) is 12.7. The summed E-state index contributed by atoms with van der Waals surface area (Å²) in [6.07, 6.45) is 3.49. The number of aliphatic hydroxyl groups is 1. The summed E-state index contributed by atoms with van der Waals surface area (Å²) in [5.74, 6) is 0.545. The van der Waals surface area contributed by atoms with Gasteiger partial charge in [-0.05, 0) is 49.4 Å². The van der Waals surface area contributed by atoms with E-state index in [0.29, 0.717) is 5.92 Å². The molecule has 1 aliphatic carbocycles. The monoisotopic (exact) mass is 261 g/mol. The van der Waals surface area contributed by atoms with Crippen LogP contribution >= 0.6 is 0 Å². The molecule has 19 heavy (non-hydrogen) atoms. The standard InChI is InChI=1S/C17H27NO/c1-12(2)14-7-6-13(3)15(10-14)16(18-4)17(11-19)8-5-9-17/h6-7,10,12,16,18-19H,5,8-9,11H2,1-4H3. The van der Waals surface area contributed by atoms with Gasteiger partial charge in [0.15, 0.2) is 0 Å². The van der Waals surface area contributed by atoms with Gasteiger partial charge in [-0.15, -0.1) is 0 Å². The molecule has 2 nitrogen and oxygen atoms in total. The van der Waals surface area contributed by atoms with E-state index in [2.05, 4.69) is 44.3 Å².